The van der Waals surface area contributed by atoms with Crippen LogP contribution in [0.25, 0.3) is 0 Å². The van der Waals surface area contributed by atoms with Crippen LogP contribution in [0, 0.1) is 0 Å². The van der Waals surface area contributed by atoms with Gasteiger partial charge in [0.05, 0.1) is 32.0 Å². The van der Waals surface area contributed by atoms with Gasteiger partial charge in [-0.3, -0.25) is 0 Å². The van der Waals surface area contributed by atoms with Gasteiger partial charge in [0.15, 0.2) is 6.33 Å². The van der Waals surface area contributed by atoms with E-state index in [2.05, 4.69) is 15.5 Å². The first-order valence-corrected chi connectivity index (χ1v) is 6.52. The summed E-state index contributed by atoms with van der Waals surface area (Å²) in [7, 11) is 0. The Morgan fingerprint density at radius 1 is 1.42 bits per heavy atom. The zero-order chi connectivity index (χ0) is 13.9. The van der Waals surface area contributed by atoms with E-state index in [0.29, 0.717) is 45.2 Å². The highest BCUT2D eigenvalue weighted by molar-refractivity contribution is 4.75. The summed E-state index contributed by atoms with van der Waals surface area (Å²) in [5, 5.41) is 16.2. The van der Waals surface area contributed by atoms with E-state index in [0.717, 1.165) is 0 Å². The number of nitrogens with zero attached hydrogens (tertiary/aromatic N) is 2. The first-order valence-electron chi connectivity index (χ1n) is 6.52. The van der Waals surface area contributed by atoms with Crippen molar-refractivity contribution in [2.24, 2.45) is 0 Å². The van der Waals surface area contributed by atoms with Crippen LogP contribution < -0.4 is 5.32 Å². The SMILES string of the molecule is CC(C)OCCOCC(O)CNCCc1ncno1. The van der Waals surface area contributed by atoms with Gasteiger partial charge in [0, 0.05) is 19.5 Å². The third-order valence-corrected chi connectivity index (χ3v) is 2.29. The van der Waals surface area contributed by atoms with Crippen molar-refractivity contribution >= 4 is 0 Å². The zero-order valence-electron chi connectivity index (χ0n) is 11.5. The lowest BCUT2D eigenvalue weighted by Gasteiger charge is -2.12. The molecule has 1 unspecified atom stereocenters. The van der Waals surface area contributed by atoms with Crippen molar-refractivity contribution in [3.63, 3.8) is 0 Å². The van der Waals surface area contributed by atoms with Crippen LogP contribution in [0.15, 0.2) is 10.9 Å². The van der Waals surface area contributed by atoms with Gasteiger partial charge >= 0.3 is 0 Å². The number of hydrogen-bond acceptors (Lipinski definition) is 7. The van der Waals surface area contributed by atoms with E-state index in [9.17, 15) is 5.11 Å². The van der Waals surface area contributed by atoms with Gasteiger partial charge < -0.3 is 24.4 Å². The van der Waals surface area contributed by atoms with Crippen molar-refractivity contribution in [1.29, 1.82) is 0 Å². The molecule has 0 amide bonds. The maximum atomic E-state index is 9.64. The summed E-state index contributed by atoms with van der Waals surface area (Å²) < 4.78 is 15.5. The number of rotatable bonds is 11. The largest absolute Gasteiger partial charge is 0.389 e. The fourth-order valence-electron chi connectivity index (χ4n) is 1.39. The van der Waals surface area contributed by atoms with Gasteiger partial charge in [-0.15, -0.1) is 0 Å². The summed E-state index contributed by atoms with van der Waals surface area (Å²) in [6.07, 6.45) is 1.70. The Balaban J connectivity index is 1.89. The summed E-state index contributed by atoms with van der Waals surface area (Å²) in [5.74, 6) is 0.587. The first kappa shape index (κ1) is 16.0. The molecule has 1 heterocycles. The van der Waals surface area contributed by atoms with E-state index >= 15 is 0 Å². The maximum absolute atomic E-state index is 9.64. The van der Waals surface area contributed by atoms with Crippen LogP contribution in [0.4, 0.5) is 0 Å². The number of hydrogen-bond donors (Lipinski definition) is 2. The number of aliphatic hydroxyl groups is 1. The van der Waals surface area contributed by atoms with Gasteiger partial charge in [-0.2, -0.15) is 4.98 Å². The molecule has 0 radical (unpaired) electrons. The average molecular weight is 273 g/mol. The molecule has 7 nitrogen and oxygen atoms in total. The molecular formula is C12H23N3O4. The van der Waals surface area contributed by atoms with Crippen molar-refractivity contribution in [2.75, 3.05) is 32.9 Å². The standard InChI is InChI=1S/C12H23N3O4/c1-10(2)18-6-5-17-8-11(16)7-13-4-3-12-14-9-15-19-12/h9-11,13,16H,3-8H2,1-2H3. The first-order chi connectivity index (χ1) is 9.18. The summed E-state index contributed by atoms with van der Waals surface area (Å²) in [6, 6.07) is 0. The Labute approximate surface area is 113 Å². The van der Waals surface area contributed by atoms with Gasteiger partial charge in [-0.25, -0.2) is 0 Å². The van der Waals surface area contributed by atoms with Crippen LogP contribution in [0.5, 0.6) is 0 Å². The molecule has 0 saturated heterocycles. The zero-order valence-corrected chi connectivity index (χ0v) is 11.5. The molecule has 1 atom stereocenters. The lowest BCUT2D eigenvalue weighted by Crippen LogP contribution is -2.32. The van der Waals surface area contributed by atoms with E-state index in [1.165, 1.54) is 6.33 Å². The minimum absolute atomic E-state index is 0.208. The highest BCUT2D eigenvalue weighted by Crippen LogP contribution is 1.91. The molecule has 0 bridgehead atoms. The lowest BCUT2D eigenvalue weighted by atomic mass is 10.3. The number of ether oxygens (including phenoxy) is 2. The topological polar surface area (TPSA) is 89.6 Å². The Hall–Kier alpha value is -1.02. The molecule has 2 N–H and O–H groups in total. The highest BCUT2D eigenvalue weighted by Gasteiger charge is 2.04. The van der Waals surface area contributed by atoms with Crippen LogP contribution in [0.1, 0.15) is 19.7 Å². The van der Waals surface area contributed by atoms with Crippen molar-refractivity contribution < 1.29 is 19.1 Å². The van der Waals surface area contributed by atoms with Crippen LogP contribution in [-0.2, 0) is 15.9 Å². The van der Waals surface area contributed by atoms with Crippen molar-refractivity contribution in [2.45, 2.75) is 32.5 Å². The lowest BCUT2D eigenvalue weighted by molar-refractivity contribution is -0.00991. The van der Waals surface area contributed by atoms with Crippen LogP contribution in [-0.4, -0.2) is 60.4 Å². The smallest absolute Gasteiger partial charge is 0.227 e. The molecule has 0 spiro atoms. The van der Waals surface area contributed by atoms with E-state index in [1.807, 2.05) is 13.8 Å². The minimum atomic E-state index is -0.526. The average Bonchev–Trinajstić information content (AvgIpc) is 2.87. The Kier molecular flexibility index (Phi) is 8.31. The molecular weight excluding hydrogens is 250 g/mol. The molecule has 0 aliphatic heterocycles. The molecule has 7 heteroatoms. The quantitative estimate of drug-likeness (QED) is 0.549. The second-order valence-corrected chi connectivity index (χ2v) is 4.44. The molecule has 0 fully saturated rings. The van der Waals surface area contributed by atoms with Crippen molar-refractivity contribution in [3.05, 3.63) is 12.2 Å². The molecule has 0 aliphatic rings. The third kappa shape index (κ3) is 8.66. The van der Waals surface area contributed by atoms with E-state index in [1.54, 1.807) is 0 Å². The van der Waals surface area contributed by atoms with Gasteiger partial charge in [-0.05, 0) is 13.8 Å². The molecule has 1 aromatic heterocycles. The maximum Gasteiger partial charge on any atom is 0.227 e. The van der Waals surface area contributed by atoms with E-state index < -0.39 is 6.10 Å². The van der Waals surface area contributed by atoms with Crippen molar-refractivity contribution in [1.82, 2.24) is 15.5 Å². The number of nitrogens with one attached hydrogen (secondary N) is 1. The van der Waals surface area contributed by atoms with Crippen LogP contribution in [0.2, 0.25) is 0 Å². The van der Waals surface area contributed by atoms with E-state index in [4.69, 9.17) is 14.0 Å². The minimum Gasteiger partial charge on any atom is -0.389 e. The summed E-state index contributed by atoms with van der Waals surface area (Å²) in [6.45, 7) is 6.44. The Bertz CT molecular complexity index is 306. The highest BCUT2D eigenvalue weighted by atomic mass is 16.5. The summed E-state index contributed by atoms with van der Waals surface area (Å²) in [4.78, 5) is 3.90. The molecule has 0 aromatic carbocycles. The third-order valence-electron chi connectivity index (χ3n) is 2.29. The Morgan fingerprint density at radius 2 is 2.26 bits per heavy atom. The molecule has 1 aromatic rings. The fourth-order valence-corrected chi connectivity index (χ4v) is 1.39. The predicted molar refractivity (Wildman–Crippen MR) is 68.8 cm³/mol. The monoisotopic (exact) mass is 273 g/mol. The molecule has 0 saturated carbocycles. The summed E-state index contributed by atoms with van der Waals surface area (Å²) >= 11 is 0. The second kappa shape index (κ2) is 9.85. The molecule has 110 valence electrons. The van der Waals surface area contributed by atoms with Crippen LogP contribution >= 0.6 is 0 Å². The normalized spacial score (nSPS) is 13.1. The number of aliphatic hydroxyl groups excluding tert-OH is 1. The van der Waals surface area contributed by atoms with Gasteiger partial charge in [0.2, 0.25) is 5.89 Å². The summed E-state index contributed by atoms with van der Waals surface area (Å²) in [5.41, 5.74) is 0. The van der Waals surface area contributed by atoms with Gasteiger partial charge in [-0.1, -0.05) is 5.16 Å². The van der Waals surface area contributed by atoms with E-state index in [-0.39, 0.29) is 6.10 Å². The molecule has 19 heavy (non-hydrogen) atoms. The fraction of sp³-hybridized carbons (Fsp3) is 0.833. The molecule has 1 rings (SSSR count). The molecule has 0 aliphatic carbocycles. The van der Waals surface area contributed by atoms with Gasteiger partial charge in [0.25, 0.3) is 0 Å². The second-order valence-electron chi connectivity index (χ2n) is 4.44. The van der Waals surface area contributed by atoms with Gasteiger partial charge in [0.1, 0.15) is 0 Å². The van der Waals surface area contributed by atoms with Crippen molar-refractivity contribution in [3.8, 4) is 0 Å². The predicted octanol–water partition coefficient (Wildman–Crippen LogP) is 0.00420. The number of aromatic nitrogens is 2. The van der Waals surface area contributed by atoms with Crippen LogP contribution in [0.3, 0.4) is 0 Å². The Morgan fingerprint density at radius 3 is 2.95 bits per heavy atom.